The Labute approximate surface area is 98.2 Å². The van der Waals surface area contributed by atoms with Gasteiger partial charge < -0.3 is 0 Å². The van der Waals surface area contributed by atoms with Crippen molar-refractivity contribution in [3.8, 4) is 0 Å². The highest BCUT2D eigenvalue weighted by atomic mass is 16.2. The van der Waals surface area contributed by atoms with Crippen molar-refractivity contribution in [3.05, 3.63) is 0 Å². The van der Waals surface area contributed by atoms with Crippen molar-refractivity contribution < 1.29 is 9.59 Å². The van der Waals surface area contributed by atoms with Crippen LogP contribution in [0.3, 0.4) is 0 Å². The molecule has 0 saturated carbocycles. The first-order chi connectivity index (χ1) is 7.70. The maximum Gasteiger partial charge on any atom is 0.232 e. The molecule has 1 fully saturated rings. The van der Waals surface area contributed by atoms with Crippen LogP contribution in [0.25, 0.3) is 0 Å². The maximum absolute atomic E-state index is 11.8. The van der Waals surface area contributed by atoms with Crippen LogP contribution in [0, 0.1) is 5.92 Å². The van der Waals surface area contributed by atoms with Gasteiger partial charge in [-0.15, -0.1) is 0 Å². The van der Waals surface area contributed by atoms with E-state index in [1.165, 1.54) is 24.2 Å². The standard InChI is InChI=1S/C13H23NO2/c1-3-5-6-7-8-9-14-12(15)10-11(4-2)13(14)16/h11H,3-10H2,1-2H3. The Morgan fingerprint density at radius 1 is 1.12 bits per heavy atom. The lowest BCUT2D eigenvalue weighted by Crippen LogP contribution is -2.31. The van der Waals surface area contributed by atoms with E-state index in [4.69, 9.17) is 0 Å². The van der Waals surface area contributed by atoms with Crippen molar-refractivity contribution in [2.75, 3.05) is 6.54 Å². The van der Waals surface area contributed by atoms with Crippen molar-refractivity contribution in [2.45, 2.75) is 58.8 Å². The van der Waals surface area contributed by atoms with Crippen LogP contribution in [0.2, 0.25) is 0 Å². The van der Waals surface area contributed by atoms with E-state index in [1.54, 1.807) is 0 Å². The second kappa shape index (κ2) is 6.66. The zero-order valence-electron chi connectivity index (χ0n) is 10.5. The monoisotopic (exact) mass is 225 g/mol. The summed E-state index contributed by atoms with van der Waals surface area (Å²) in [5.41, 5.74) is 0. The Morgan fingerprint density at radius 3 is 2.38 bits per heavy atom. The van der Waals surface area contributed by atoms with E-state index < -0.39 is 0 Å². The first kappa shape index (κ1) is 13.2. The summed E-state index contributed by atoms with van der Waals surface area (Å²) in [4.78, 5) is 24.8. The first-order valence-electron chi connectivity index (χ1n) is 6.54. The van der Waals surface area contributed by atoms with Crippen LogP contribution in [0.5, 0.6) is 0 Å². The molecule has 16 heavy (non-hydrogen) atoms. The third-order valence-electron chi connectivity index (χ3n) is 3.32. The number of hydrogen-bond acceptors (Lipinski definition) is 2. The van der Waals surface area contributed by atoms with Gasteiger partial charge in [-0.05, 0) is 12.8 Å². The molecular weight excluding hydrogens is 202 g/mol. The van der Waals surface area contributed by atoms with Crippen molar-refractivity contribution >= 4 is 11.8 Å². The van der Waals surface area contributed by atoms with Crippen LogP contribution in [0.4, 0.5) is 0 Å². The van der Waals surface area contributed by atoms with Gasteiger partial charge in [0.25, 0.3) is 0 Å². The molecule has 3 nitrogen and oxygen atoms in total. The molecule has 1 heterocycles. The van der Waals surface area contributed by atoms with Crippen LogP contribution in [-0.4, -0.2) is 23.3 Å². The smallest absolute Gasteiger partial charge is 0.232 e. The first-order valence-corrected chi connectivity index (χ1v) is 6.54. The topological polar surface area (TPSA) is 37.4 Å². The molecule has 1 rings (SSSR count). The fourth-order valence-corrected chi connectivity index (χ4v) is 2.18. The minimum absolute atomic E-state index is 0.0346. The van der Waals surface area contributed by atoms with Gasteiger partial charge in [-0.3, -0.25) is 14.5 Å². The number of unbranched alkanes of at least 4 members (excludes halogenated alkanes) is 4. The fourth-order valence-electron chi connectivity index (χ4n) is 2.18. The molecule has 0 aromatic carbocycles. The molecule has 2 amide bonds. The average molecular weight is 225 g/mol. The van der Waals surface area contributed by atoms with Gasteiger partial charge in [0, 0.05) is 18.9 Å². The van der Waals surface area contributed by atoms with Crippen molar-refractivity contribution in [1.29, 1.82) is 0 Å². The predicted octanol–water partition coefficient (Wildman–Crippen LogP) is 2.74. The molecule has 1 atom stereocenters. The van der Waals surface area contributed by atoms with E-state index in [-0.39, 0.29) is 17.7 Å². The summed E-state index contributed by atoms with van der Waals surface area (Å²) < 4.78 is 0. The number of likely N-dealkylation sites (tertiary alicyclic amines) is 1. The van der Waals surface area contributed by atoms with Crippen LogP contribution in [0.1, 0.15) is 58.8 Å². The molecule has 0 spiro atoms. The Balaban J connectivity index is 2.26. The zero-order chi connectivity index (χ0) is 12.0. The maximum atomic E-state index is 11.8. The average Bonchev–Trinajstić information content (AvgIpc) is 2.55. The highest BCUT2D eigenvalue weighted by Gasteiger charge is 2.36. The number of amides is 2. The van der Waals surface area contributed by atoms with E-state index in [2.05, 4.69) is 6.92 Å². The fraction of sp³-hybridized carbons (Fsp3) is 0.846. The summed E-state index contributed by atoms with van der Waals surface area (Å²) in [5.74, 6) is 0.0541. The number of nitrogens with zero attached hydrogens (tertiary/aromatic N) is 1. The molecule has 0 bridgehead atoms. The number of carbonyl (C=O) groups is 2. The molecule has 0 aliphatic carbocycles. The lowest BCUT2D eigenvalue weighted by molar-refractivity contribution is -0.139. The van der Waals surface area contributed by atoms with Gasteiger partial charge in [-0.1, -0.05) is 39.5 Å². The summed E-state index contributed by atoms with van der Waals surface area (Å²) in [6.07, 6.45) is 7.00. The number of imide groups is 1. The molecule has 92 valence electrons. The van der Waals surface area contributed by atoms with Crippen LogP contribution in [-0.2, 0) is 9.59 Å². The van der Waals surface area contributed by atoms with Gasteiger partial charge in [-0.25, -0.2) is 0 Å². The van der Waals surface area contributed by atoms with Gasteiger partial charge in [0.1, 0.15) is 0 Å². The quantitative estimate of drug-likeness (QED) is 0.493. The van der Waals surface area contributed by atoms with Gasteiger partial charge >= 0.3 is 0 Å². The summed E-state index contributed by atoms with van der Waals surface area (Å²) in [7, 11) is 0. The minimum Gasteiger partial charge on any atom is -0.282 e. The normalized spacial score (nSPS) is 20.9. The third kappa shape index (κ3) is 3.32. The van der Waals surface area contributed by atoms with E-state index in [0.717, 1.165) is 19.3 Å². The number of hydrogen-bond donors (Lipinski definition) is 0. The molecule has 1 aliphatic rings. The second-order valence-corrected chi connectivity index (χ2v) is 4.61. The third-order valence-corrected chi connectivity index (χ3v) is 3.32. The molecule has 3 heteroatoms. The van der Waals surface area contributed by atoms with Gasteiger partial charge in [-0.2, -0.15) is 0 Å². The van der Waals surface area contributed by atoms with E-state index in [1.807, 2.05) is 6.92 Å². The van der Waals surface area contributed by atoms with Gasteiger partial charge in [0.15, 0.2) is 0 Å². The molecule has 0 aromatic heterocycles. The molecule has 0 aromatic rings. The van der Waals surface area contributed by atoms with Crippen LogP contribution in [0.15, 0.2) is 0 Å². The van der Waals surface area contributed by atoms with E-state index >= 15 is 0 Å². The Kier molecular flexibility index (Phi) is 5.50. The molecule has 0 radical (unpaired) electrons. The Morgan fingerprint density at radius 2 is 1.81 bits per heavy atom. The van der Waals surface area contributed by atoms with Crippen molar-refractivity contribution in [3.63, 3.8) is 0 Å². The Bertz CT molecular complexity index is 250. The molecular formula is C13H23NO2. The van der Waals surface area contributed by atoms with Crippen LogP contribution >= 0.6 is 0 Å². The highest BCUT2D eigenvalue weighted by Crippen LogP contribution is 2.22. The predicted molar refractivity (Wildman–Crippen MR) is 63.9 cm³/mol. The molecule has 1 unspecified atom stereocenters. The zero-order valence-corrected chi connectivity index (χ0v) is 10.5. The van der Waals surface area contributed by atoms with Crippen LogP contribution < -0.4 is 0 Å². The SMILES string of the molecule is CCCCCCCN1C(=O)CC(CC)C1=O. The van der Waals surface area contributed by atoms with Gasteiger partial charge in [0.05, 0.1) is 0 Å². The largest absolute Gasteiger partial charge is 0.282 e. The minimum atomic E-state index is -0.0388. The number of rotatable bonds is 7. The van der Waals surface area contributed by atoms with Gasteiger partial charge in [0.2, 0.25) is 11.8 Å². The summed E-state index contributed by atoms with van der Waals surface area (Å²) in [6.45, 7) is 4.79. The molecule has 0 N–H and O–H groups in total. The van der Waals surface area contributed by atoms with Crippen molar-refractivity contribution in [2.24, 2.45) is 5.92 Å². The summed E-state index contributed by atoms with van der Waals surface area (Å²) in [5, 5.41) is 0. The lowest BCUT2D eigenvalue weighted by atomic mass is 10.1. The second-order valence-electron chi connectivity index (χ2n) is 4.61. The van der Waals surface area contributed by atoms with E-state index in [0.29, 0.717) is 13.0 Å². The van der Waals surface area contributed by atoms with Crippen molar-refractivity contribution in [1.82, 2.24) is 4.90 Å². The lowest BCUT2D eigenvalue weighted by Gasteiger charge is -2.14. The Hall–Kier alpha value is -0.860. The summed E-state index contributed by atoms with van der Waals surface area (Å²) in [6, 6.07) is 0. The highest BCUT2D eigenvalue weighted by molar-refractivity contribution is 6.03. The van der Waals surface area contributed by atoms with E-state index in [9.17, 15) is 9.59 Å². The number of carbonyl (C=O) groups excluding carboxylic acids is 2. The summed E-state index contributed by atoms with van der Waals surface area (Å²) >= 11 is 0. The molecule has 1 saturated heterocycles. The molecule has 1 aliphatic heterocycles.